The molecular formula is C26H25N3O4S. The summed E-state index contributed by atoms with van der Waals surface area (Å²) in [6.45, 7) is 0. The van der Waals surface area contributed by atoms with Crippen LogP contribution in [0.2, 0.25) is 0 Å². The minimum Gasteiger partial charge on any atom is -0.480 e. The average molecular weight is 476 g/mol. The monoisotopic (exact) mass is 475 g/mol. The molecule has 0 aliphatic rings. The summed E-state index contributed by atoms with van der Waals surface area (Å²) in [7, 11) is 1.57. The van der Waals surface area contributed by atoms with Crippen molar-refractivity contribution >= 4 is 40.0 Å². The molecule has 0 fully saturated rings. The molecule has 0 aliphatic carbocycles. The summed E-state index contributed by atoms with van der Waals surface area (Å²) in [6.07, 6.45) is 2.14. The third-order valence-electron chi connectivity index (χ3n) is 5.81. The van der Waals surface area contributed by atoms with Gasteiger partial charge < -0.3 is 20.3 Å². The van der Waals surface area contributed by atoms with Crippen LogP contribution in [0.4, 0.5) is 0 Å². The van der Waals surface area contributed by atoms with Crippen molar-refractivity contribution in [2.75, 3.05) is 7.05 Å². The molecule has 34 heavy (non-hydrogen) atoms. The van der Waals surface area contributed by atoms with E-state index in [9.17, 15) is 19.5 Å². The van der Waals surface area contributed by atoms with Gasteiger partial charge in [0.15, 0.2) is 0 Å². The number of aromatic amines is 1. The van der Waals surface area contributed by atoms with Crippen LogP contribution < -0.4 is 5.32 Å². The quantitative estimate of drug-likeness (QED) is 0.343. The zero-order chi connectivity index (χ0) is 24.1. The summed E-state index contributed by atoms with van der Waals surface area (Å²) in [6, 6.07) is 18.4. The molecule has 3 N–H and O–H groups in total. The third kappa shape index (κ3) is 5.18. The Morgan fingerprint density at radius 1 is 1.00 bits per heavy atom. The maximum atomic E-state index is 13.4. The fraction of sp³-hybridized carbons (Fsp3) is 0.192. The lowest BCUT2D eigenvalue weighted by molar-refractivity contribution is -0.142. The first-order valence-corrected chi connectivity index (χ1v) is 11.7. The minimum atomic E-state index is -1.14. The molecule has 0 saturated heterocycles. The average Bonchev–Trinajstić information content (AvgIpc) is 3.52. The number of benzene rings is 2. The number of amides is 2. The smallest absolute Gasteiger partial charge is 0.326 e. The number of rotatable bonds is 9. The molecule has 174 valence electrons. The number of nitrogens with one attached hydrogen (secondary N) is 2. The summed E-state index contributed by atoms with van der Waals surface area (Å²) in [5.74, 6) is -1.93. The van der Waals surface area contributed by atoms with Gasteiger partial charge in [0.2, 0.25) is 5.91 Å². The number of carbonyl (C=O) groups is 3. The zero-order valence-electron chi connectivity index (χ0n) is 18.6. The molecule has 2 aromatic carbocycles. The van der Waals surface area contributed by atoms with Crippen LogP contribution in [-0.4, -0.2) is 51.9 Å². The number of thiophene rings is 1. The lowest BCUT2D eigenvalue weighted by Gasteiger charge is -2.28. The number of hydrogen-bond donors (Lipinski definition) is 3. The van der Waals surface area contributed by atoms with Gasteiger partial charge in [0.05, 0.1) is 4.88 Å². The SMILES string of the molecule is CN(C(=O)c1cccs1)[C@@H](Cc1ccccc1)C(=O)N[C@@H](Cc1c[nH]c2ccccc12)C(=O)O. The lowest BCUT2D eigenvalue weighted by Crippen LogP contribution is -2.53. The number of nitrogens with zero attached hydrogens (tertiary/aromatic N) is 1. The third-order valence-corrected chi connectivity index (χ3v) is 6.67. The Bertz CT molecular complexity index is 1280. The number of carboxylic acids is 1. The van der Waals surface area contributed by atoms with Crippen LogP contribution >= 0.6 is 11.3 Å². The van der Waals surface area contributed by atoms with Crippen molar-refractivity contribution in [1.29, 1.82) is 0 Å². The first kappa shape index (κ1) is 23.3. The Labute approximate surface area is 201 Å². The van der Waals surface area contributed by atoms with E-state index in [1.54, 1.807) is 30.8 Å². The predicted octanol–water partition coefficient (Wildman–Crippen LogP) is 3.72. The highest BCUT2D eigenvalue weighted by atomic mass is 32.1. The van der Waals surface area contributed by atoms with Gasteiger partial charge in [0, 0.05) is 37.0 Å². The van der Waals surface area contributed by atoms with Gasteiger partial charge in [0.25, 0.3) is 5.91 Å². The topological polar surface area (TPSA) is 103 Å². The molecule has 0 radical (unpaired) electrons. The van der Waals surface area contributed by atoms with Gasteiger partial charge in [-0.1, -0.05) is 54.6 Å². The van der Waals surface area contributed by atoms with Crippen molar-refractivity contribution in [3.63, 3.8) is 0 Å². The van der Waals surface area contributed by atoms with Gasteiger partial charge >= 0.3 is 5.97 Å². The maximum Gasteiger partial charge on any atom is 0.326 e. The van der Waals surface area contributed by atoms with Crippen molar-refractivity contribution in [3.05, 3.63) is 94.3 Å². The number of hydrogen-bond acceptors (Lipinski definition) is 4. The number of fused-ring (bicyclic) bond motifs is 1. The summed E-state index contributed by atoms with van der Waals surface area (Å²) in [5, 5.41) is 15.2. The number of H-pyrrole nitrogens is 1. The molecule has 0 aliphatic heterocycles. The summed E-state index contributed by atoms with van der Waals surface area (Å²) in [5.41, 5.74) is 2.57. The summed E-state index contributed by atoms with van der Waals surface area (Å²) >= 11 is 1.30. The molecule has 0 bridgehead atoms. The molecule has 2 heterocycles. The molecule has 2 amide bonds. The molecule has 2 atom stereocenters. The highest BCUT2D eigenvalue weighted by molar-refractivity contribution is 7.12. The zero-order valence-corrected chi connectivity index (χ0v) is 19.4. The lowest BCUT2D eigenvalue weighted by atomic mass is 10.0. The van der Waals surface area contributed by atoms with Gasteiger partial charge in [-0.3, -0.25) is 9.59 Å². The van der Waals surface area contributed by atoms with Crippen molar-refractivity contribution in [3.8, 4) is 0 Å². The van der Waals surface area contributed by atoms with Crippen molar-refractivity contribution in [1.82, 2.24) is 15.2 Å². The maximum absolute atomic E-state index is 13.4. The predicted molar refractivity (Wildman–Crippen MR) is 132 cm³/mol. The van der Waals surface area contributed by atoms with Crippen LogP contribution in [0.1, 0.15) is 20.8 Å². The van der Waals surface area contributed by atoms with Gasteiger partial charge in [-0.15, -0.1) is 11.3 Å². The van der Waals surface area contributed by atoms with Gasteiger partial charge in [0.1, 0.15) is 12.1 Å². The molecule has 0 saturated carbocycles. The van der Waals surface area contributed by atoms with Crippen LogP contribution in [0.25, 0.3) is 10.9 Å². The van der Waals surface area contributed by atoms with Crippen LogP contribution in [0.3, 0.4) is 0 Å². The number of likely N-dealkylation sites (N-methyl/N-ethyl adjacent to an activating group) is 1. The first-order chi connectivity index (χ1) is 16.4. The largest absolute Gasteiger partial charge is 0.480 e. The number of aliphatic carboxylic acids is 1. The molecule has 4 aromatic rings. The van der Waals surface area contributed by atoms with Crippen LogP contribution in [0.5, 0.6) is 0 Å². The van der Waals surface area contributed by atoms with Crippen LogP contribution in [0.15, 0.2) is 78.3 Å². The van der Waals surface area contributed by atoms with Gasteiger partial charge in [-0.2, -0.15) is 0 Å². The second kappa shape index (κ2) is 10.4. The molecule has 0 unspecified atom stereocenters. The van der Waals surface area contributed by atoms with E-state index in [1.807, 2.05) is 54.6 Å². The fourth-order valence-corrected chi connectivity index (χ4v) is 4.65. The minimum absolute atomic E-state index is 0.117. The van der Waals surface area contributed by atoms with E-state index in [1.165, 1.54) is 16.2 Å². The molecular weight excluding hydrogens is 450 g/mol. The van der Waals surface area contributed by atoms with Crippen LogP contribution in [-0.2, 0) is 22.4 Å². The van der Waals surface area contributed by atoms with E-state index in [0.29, 0.717) is 4.88 Å². The summed E-state index contributed by atoms with van der Waals surface area (Å²) < 4.78 is 0. The van der Waals surface area contributed by atoms with E-state index in [4.69, 9.17) is 0 Å². The summed E-state index contributed by atoms with van der Waals surface area (Å²) in [4.78, 5) is 43.5. The van der Waals surface area contributed by atoms with Crippen LogP contribution in [0, 0.1) is 0 Å². The number of aromatic nitrogens is 1. The Morgan fingerprint density at radius 2 is 1.74 bits per heavy atom. The number of carbonyl (C=O) groups excluding carboxylic acids is 2. The molecule has 7 nitrogen and oxygen atoms in total. The van der Waals surface area contributed by atoms with Crippen molar-refractivity contribution in [2.45, 2.75) is 24.9 Å². The fourth-order valence-electron chi connectivity index (χ4n) is 3.95. The molecule has 8 heteroatoms. The first-order valence-electron chi connectivity index (χ1n) is 10.9. The Kier molecular flexibility index (Phi) is 7.08. The van der Waals surface area contributed by atoms with Gasteiger partial charge in [-0.25, -0.2) is 4.79 Å². The second-order valence-electron chi connectivity index (χ2n) is 8.06. The standard InChI is InChI=1S/C26H25N3O4S/c1-29(25(31)23-12-7-13-34-23)22(14-17-8-3-2-4-9-17)24(30)28-21(26(32)33)15-18-16-27-20-11-6-5-10-19(18)20/h2-13,16,21-22,27H,14-15H2,1H3,(H,28,30)(H,32,33)/t21-,22-/m0/s1. The Hall–Kier alpha value is -3.91. The van der Waals surface area contributed by atoms with Gasteiger partial charge in [-0.05, 0) is 28.6 Å². The van der Waals surface area contributed by atoms with E-state index in [-0.39, 0.29) is 18.7 Å². The van der Waals surface area contributed by atoms with E-state index in [2.05, 4.69) is 10.3 Å². The number of carboxylic acid groups (broad SMARTS) is 1. The highest BCUT2D eigenvalue weighted by Crippen LogP contribution is 2.20. The van der Waals surface area contributed by atoms with Crippen molar-refractivity contribution < 1.29 is 19.5 Å². The van der Waals surface area contributed by atoms with E-state index < -0.39 is 24.0 Å². The van der Waals surface area contributed by atoms with Crippen molar-refractivity contribution in [2.24, 2.45) is 0 Å². The normalized spacial score (nSPS) is 12.7. The Balaban J connectivity index is 1.57. The highest BCUT2D eigenvalue weighted by Gasteiger charge is 2.31. The molecule has 4 rings (SSSR count). The van der Waals surface area contributed by atoms with E-state index >= 15 is 0 Å². The second-order valence-corrected chi connectivity index (χ2v) is 9.01. The molecule has 0 spiro atoms. The molecule has 2 aromatic heterocycles. The van der Waals surface area contributed by atoms with E-state index in [0.717, 1.165) is 22.0 Å². The Morgan fingerprint density at radius 3 is 2.44 bits per heavy atom. The number of para-hydroxylation sites is 1.